The molecule has 1 atom stereocenters. The number of carbonyl (C=O) groups is 1. The van der Waals surface area contributed by atoms with Crippen LogP contribution >= 0.6 is 0 Å². The van der Waals surface area contributed by atoms with Gasteiger partial charge in [-0.2, -0.15) is 4.98 Å². The van der Waals surface area contributed by atoms with Gasteiger partial charge in [0.05, 0.1) is 24.8 Å². The molecule has 30 heavy (non-hydrogen) atoms. The van der Waals surface area contributed by atoms with Crippen molar-refractivity contribution in [1.29, 1.82) is 0 Å². The Morgan fingerprint density at radius 3 is 2.60 bits per heavy atom. The van der Waals surface area contributed by atoms with E-state index in [2.05, 4.69) is 15.5 Å². The molecule has 1 unspecified atom stereocenters. The molecule has 0 aliphatic carbocycles. The zero-order valence-corrected chi connectivity index (χ0v) is 16.6. The number of benzene rings is 2. The van der Waals surface area contributed by atoms with Crippen LogP contribution in [-0.4, -0.2) is 41.3 Å². The van der Waals surface area contributed by atoms with Crippen molar-refractivity contribution in [2.45, 2.75) is 13.0 Å². The van der Waals surface area contributed by atoms with E-state index in [1.54, 1.807) is 24.1 Å². The standard InChI is InChI=1S/C22H21FN4O3/c1-14-18(21-25-20(26-30-21)16-8-10-17(23)11-9-16)19(15-6-4-3-5-7-15)24-22(28)27(14)12-13-29-2/h3-11,19H,12-13H2,1-2H3,(H,24,28). The fourth-order valence-electron chi connectivity index (χ4n) is 3.45. The van der Waals surface area contributed by atoms with Gasteiger partial charge in [0.25, 0.3) is 5.89 Å². The van der Waals surface area contributed by atoms with Crippen LogP contribution in [-0.2, 0) is 4.74 Å². The summed E-state index contributed by atoms with van der Waals surface area (Å²) in [6.07, 6.45) is 0. The summed E-state index contributed by atoms with van der Waals surface area (Å²) in [6, 6.07) is 14.8. The van der Waals surface area contributed by atoms with E-state index in [9.17, 15) is 9.18 Å². The average Bonchev–Trinajstić information content (AvgIpc) is 3.24. The molecular formula is C22H21FN4O3. The molecule has 1 aliphatic heterocycles. The second-order valence-electron chi connectivity index (χ2n) is 6.87. The van der Waals surface area contributed by atoms with Gasteiger partial charge in [-0.3, -0.25) is 4.90 Å². The monoisotopic (exact) mass is 408 g/mol. The number of hydrogen-bond donors (Lipinski definition) is 1. The lowest BCUT2D eigenvalue weighted by Crippen LogP contribution is -2.47. The third-order valence-electron chi connectivity index (χ3n) is 5.01. The molecule has 4 rings (SSSR count). The summed E-state index contributed by atoms with van der Waals surface area (Å²) in [7, 11) is 1.58. The topological polar surface area (TPSA) is 80.5 Å². The molecule has 0 spiro atoms. The van der Waals surface area contributed by atoms with Gasteiger partial charge in [0.15, 0.2) is 0 Å². The highest BCUT2D eigenvalue weighted by molar-refractivity contribution is 5.86. The second kappa shape index (κ2) is 8.46. The van der Waals surface area contributed by atoms with E-state index in [4.69, 9.17) is 9.26 Å². The summed E-state index contributed by atoms with van der Waals surface area (Å²) in [4.78, 5) is 18.9. The van der Waals surface area contributed by atoms with Crippen LogP contribution < -0.4 is 5.32 Å². The molecule has 7 nitrogen and oxygen atoms in total. The van der Waals surface area contributed by atoms with Crippen LogP contribution in [0.1, 0.15) is 24.4 Å². The molecule has 2 heterocycles. The first-order chi connectivity index (χ1) is 14.6. The van der Waals surface area contributed by atoms with Gasteiger partial charge in [-0.05, 0) is 36.8 Å². The van der Waals surface area contributed by atoms with Crippen LogP contribution in [0, 0.1) is 5.82 Å². The third kappa shape index (κ3) is 3.81. The summed E-state index contributed by atoms with van der Waals surface area (Å²) in [6.45, 7) is 2.62. The minimum absolute atomic E-state index is 0.222. The number of nitrogens with zero attached hydrogens (tertiary/aromatic N) is 3. The molecule has 0 fully saturated rings. The van der Waals surface area contributed by atoms with Crippen LogP contribution in [0.15, 0.2) is 64.8 Å². The molecule has 0 saturated heterocycles. The number of amides is 2. The highest BCUT2D eigenvalue weighted by atomic mass is 19.1. The van der Waals surface area contributed by atoms with E-state index in [1.165, 1.54) is 12.1 Å². The third-order valence-corrected chi connectivity index (χ3v) is 5.01. The Labute approximate surface area is 173 Å². The van der Waals surface area contributed by atoms with Gasteiger partial charge < -0.3 is 14.6 Å². The lowest BCUT2D eigenvalue weighted by Gasteiger charge is -2.35. The molecule has 2 amide bonds. The fraction of sp³-hybridized carbons (Fsp3) is 0.227. The molecule has 0 bridgehead atoms. The van der Waals surface area contributed by atoms with Crippen molar-refractivity contribution >= 4 is 11.6 Å². The SMILES string of the molecule is COCCN1C(=O)NC(c2ccccc2)C(c2nc(-c3ccc(F)cc3)no2)=C1C. The van der Waals surface area contributed by atoms with Crippen molar-refractivity contribution in [2.24, 2.45) is 0 Å². The van der Waals surface area contributed by atoms with E-state index in [1.807, 2.05) is 37.3 Å². The molecule has 3 aromatic rings. The molecule has 154 valence electrons. The predicted octanol–water partition coefficient (Wildman–Crippen LogP) is 4.02. The number of ether oxygens (including phenoxy) is 1. The Bertz CT molecular complexity index is 1060. The van der Waals surface area contributed by atoms with Crippen molar-refractivity contribution < 1.29 is 18.4 Å². The zero-order chi connectivity index (χ0) is 21.1. The number of halogens is 1. The molecular weight excluding hydrogens is 387 g/mol. The maximum absolute atomic E-state index is 13.2. The number of carbonyl (C=O) groups excluding carboxylic acids is 1. The lowest BCUT2D eigenvalue weighted by molar-refractivity contribution is 0.158. The predicted molar refractivity (Wildman–Crippen MR) is 109 cm³/mol. The number of nitrogens with one attached hydrogen (secondary N) is 1. The van der Waals surface area contributed by atoms with Crippen molar-refractivity contribution in [3.05, 3.63) is 77.6 Å². The van der Waals surface area contributed by atoms with Gasteiger partial charge in [-0.25, -0.2) is 9.18 Å². The Hall–Kier alpha value is -3.52. The van der Waals surface area contributed by atoms with E-state index in [-0.39, 0.29) is 11.8 Å². The van der Waals surface area contributed by atoms with Gasteiger partial charge in [-0.1, -0.05) is 35.5 Å². The number of allylic oxidation sites excluding steroid dienone is 1. The van der Waals surface area contributed by atoms with Gasteiger partial charge >= 0.3 is 6.03 Å². The molecule has 0 saturated carbocycles. The van der Waals surface area contributed by atoms with Crippen molar-refractivity contribution in [3.63, 3.8) is 0 Å². The zero-order valence-electron chi connectivity index (χ0n) is 16.6. The Morgan fingerprint density at radius 2 is 1.90 bits per heavy atom. The summed E-state index contributed by atoms with van der Waals surface area (Å²) in [5, 5.41) is 7.08. The largest absolute Gasteiger partial charge is 0.383 e. The maximum Gasteiger partial charge on any atom is 0.322 e. The summed E-state index contributed by atoms with van der Waals surface area (Å²) in [5.74, 6) is 0.300. The van der Waals surface area contributed by atoms with Crippen LogP contribution in [0.25, 0.3) is 17.0 Å². The first-order valence-corrected chi connectivity index (χ1v) is 9.51. The molecule has 0 radical (unpaired) electrons. The van der Waals surface area contributed by atoms with Crippen molar-refractivity contribution in [2.75, 3.05) is 20.3 Å². The summed E-state index contributed by atoms with van der Waals surface area (Å²) < 4.78 is 24.0. The number of methoxy groups -OCH3 is 1. The van der Waals surface area contributed by atoms with E-state index in [0.29, 0.717) is 41.7 Å². The summed E-state index contributed by atoms with van der Waals surface area (Å²) in [5.41, 5.74) is 2.95. The molecule has 8 heteroatoms. The van der Waals surface area contributed by atoms with Crippen LogP contribution in [0.3, 0.4) is 0 Å². The minimum atomic E-state index is -0.445. The smallest absolute Gasteiger partial charge is 0.322 e. The highest BCUT2D eigenvalue weighted by Gasteiger charge is 2.35. The van der Waals surface area contributed by atoms with Crippen molar-refractivity contribution in [1.82, 2.24) is 20.4 Å². The number of urea groups is 1. The van der Waals surface area contributed by atoms with Crippen LogP contribution in [0.4, 0.5) is 9.18 Å². The Morgan fingerprint density at radius 1 is 1.17 bits per heavy atom. The van der Waals surface area contributed by atoms with Gasteiger partial charge in [-0.15, -0.1) is 0 Å². The van der Waals surface area contributed by atoms with Gasteiger partial charge in [0, 0.05) is 18.4 Å². The second-order valence-corrected chi connectivity index (χ2v) is 6.87. The first kappa shape index (κ1) is 19.8. The molecule has 2 aromatic carbocycles. The quantitative estimate of drug-likeness (QED) is 0.666. The van der Waals surface area contributed by atoms with Crippen LogP contribution in [0.5, 0.6) is 0 Å². The summed E-state index contributed by atoms with van der Waals surface area (Å²) >= 11 is 0. The minimum Gasteiger partial charge on any atom is -0.383 e. The van der Waals surface area contributed by atoms with Crippen molar-refractivity contribution in [3.8, 4) is 11.4 Å². The fourth-order valence-corrected chi connectivity index (χ4v) is 3.45. The maximum atomic E-state index is 13.2. The Balaban J connectivity index is 1.78. The highest BCUT2D eigenvalue weighted by Crippen LogP contribution is 2.37. The van der Waals surface area contributed by atoms with Gasteiger partial charge in [0.2, 0.25) is 5.82 Å². The normalized spacial score (nSPS) is 16.7. The lowest BCUT2D eigenvalue weighted by atomic mass is 9.95. The molecule has 1 N–H and O–H groups in total. The van der Waals surface area contributed by atoms with Gasteiger partial charge in [0.1, 0.15) is 5.82 Å². The van der Waals surface area contributed by atoms with Crippen LogP contribution in [0.2, 0.25) is 0 Å². The van der Waals surface area contributed by atoms with E-state index >= 15 is 0 Å². The Kier molecular flexibility index (Phi) is 5.58. The molecule has 1 aromatic heterocycles. The number of aromatic nitrogens is 2. The van der Waals surface area contributed by atoms with E-state index in [0.717, 1.165) is 5.56 Å². The molecule has 1 aliphatic rings. The first-order valence-electron chi connectivity index (χ1n) is 9.51. The number of hydrogen-bond acceptors (Lipinski definition) is 5. The number of rotatable bonds is 6. The van der Waals surface area contributed by atoms with E-state index < -0.39 is 6.04 Å². The average molecular weight is 408 g/mol.